The lowest BCUT2D eigenvalue weighted by Crippen LogP contribution is -2.19. The first-order valence-corrected chi connectivity index (χ1v) is 12.8. The number of allylic oxidation sites excluding steroid dienone is 5. The predicted molar refractivity (Wildman–Crippen MR) is 146 cm³/mol. The van der Waals surface area contributed by atoms with Gasteiger partial charge in [0.15, 0.2) is 0 Å². The van der Waals surface area contributed by atoms with Crippen molar-refractivity contribution in [3.63, 3.8) is 0 Å². The van der Waals surface area contributed by atoms with Crippen LogP contribution in [0.1, 0.15) is 63.0 Å². The normalized spacial score (nSPS) is 17.8. The summed E-state index contributed by atoms with van der Waals surface area (Å²) in [5, 5.41) is 9.03. The standard InChI is InChI=1S/C28H35Cl2N3O/c1-4-32-33-19-27(34-24-9-6-5-7-10-24)20(2)23-15-13-22(14-16-23)17-18-31-21(3)28-25(29)11-8-12-26(28)30/h4,11,13-16,19,24,31-32H,1,3,5-10,12,17-18H2,2H3/b27-20-,33-19-. The molecule has 0 bridgehead atoms. The van der Waals surface area contributed by atoms with Crippen molar-refractivity contribution in [2.45, 2.75) is 64.4 Å². The molecule has 3 rings (SSSR count). The predicted octanol–water partition coefficient (Wildman–Crippen LogP) is 7.54. The lowest BCUT2D eigenvalue weighted by atomic mass is 9.97. The van der Waals surface area contributed by atoms with Gasteiger partial charge in [-0.15, -0.1) is 0 Å². The van der Waals surface area contributed by atoms with E-state index in [0.717, 1.165) is 71.8 Å². The van der Waals surface area contributed by atoms with E-state index in [4.69, 9.17) is 27.9 Å². The third-order valence-corrected chi connectivity index (χ3v) is 6.92. The molecule has 2 aliphatic carbocycles. The third kappa shape index (κ3) is 7.54. The van der Waals surface area contributed by atoms with Gasteiger partial charge in [0.05, 0.1) is 12.3 Å². The number of benzene rings is 1. The summed E-state index contributed by atoms with van der Waals surface area (Å²) < 4.78 is 6.36. The highest BCUT2D eigenvalue weighted by Crippen LogP contribution is 2.33. The number of nitrogens with one attached hydrogen (secondary N) is 2. The molecule has 2 N–H and O–H groups in total. The fourth-order valence-corrected chi connectivity index (χ4v) is 4.94. The minimum atomic E-state index is 0.253. The Balaban J connectivity index is 1.62. The zero-order valence-electron chi connectivity index (χ0n) is 20.0. The molecule has 1 saturated carbocycles. The van der Waals surface area contributed by atoms with Crippen molar-refractivity contribution in [1.29, 1.82) is 0 Å². The number of hydrazone groups is 1. The van der Waals surface area contributed by atoms with Crippen LogP contribution in [0.2, 0.25) is 0 Å². The summed E-state index contributed by atoms with van der Waals surface area (Å²) in [5.74, 6) is 0.800. The van der Waals surface area contributed by atoms with Crippen LogP contribution in [0, 0.1) is 0 Å². The summed E-state index contributed by atoms with van der Waals surface area (Å²) in [6, 6.07) is 8.58. The van der Waals surface area contributed by atoms with Crippen molar-refractivity contribution in [3.05, 3.63) is 87.9 Å². The first-order valence-electron chi connectivity index (χ1n) is 12.0. The maximum atomic E-state index is 6.36. The molecule has 2 aliphatic rings. The van der Waals surface area contributed by atoms with Crippen LogP contribution in [0.4, 0.5) is 0 Å². The Morgan fingerprint density at radius 3 is 2.59 bits per heavy atom. The lowest BCUT2D eigenvalue weighted by Gasteiger charge is -2.24. The summed E-state index contributed by atoms with van der Waals surface area (Å²) in [6.07, 6.45) is 14.0. The fraction of sp³-hybridized carbons (Fsp3) is 0.393. The van der Waals surface area contributed by atoms with Gasteiger partial charge in [0.25, 0.3) is 0 Å². The molecule has 0 saturated heterocycles. The highest BCUT2D eigenvalue weighted by atomic mass is 35.5. The van der Waals surface area contributed by atoms with Crippen LogP contribution < -0.4 is 10.7 Å². The molecule has 0 aliphatic heterocycles. The number of rotatable bonds is 11. The van der Waals surface area contributed by atoms with E-state index >= 15 is 0 Å². The van der Waals surface area contributed by atoms with Crippen molar-refractivity contribution in [3.8, 4) is 0 Å². The zero-order valence-corrected chi connectivity index (χ0v) is 21.5. The van der Waals surface area contributed by atoms with Crippen LogP contribution >= 0.6 is 23.2 Å². The van der Waals surface area contributed by atoms with Gasteiger partial charge in [0.2, 0.25) is 0 Å². The topological polar surface area (TPSA) is 45.7 Å². The summed E-state index contributed by atoms with van der Waals surface area (Å²) in [7, 11) is 0. The Morgan fingerprint density at radius 2 is 1.91 bits per heavy atom. The molecule has 0 spiro atoms. The second-order valence-electron chi connectivity index (χ2n) is 8.68. The van der Waals surface area contributed by atoms with E-state index in [0.29, 0.717) is 5.03 Å². The van der Waals surface area contributed by atoms with Crippen molar-refractivity contribution in [2.75, 3.05) is 6.54 Å². The van der Waals surface area contributed by atoms with E-state index in [-0.39, 0.29) is 6.10 Å². The first kappa shape index (κ1) is 26.2. The van der Waals surface area contributed by atoms with Crippen molar-refractivity contribution >= 4 is 35.0 Å². The number of ether oxygens (including phenoxy) is 1. The molecule has 6 heteroatoms. The molecule has 1 aromatic carbocycles. The average Bonchev–Trinajstić information content (AvgIpc) is 2.84. The zero-order chi connectivity index (χ0) is 24.3. The van der Waals surface area contributed by atoms with Crippen molar-refractivity contribution < 1.29 is 4.74 Å². The molecule has 34 heavy (non-hydrogen) atoms. The van der Waals surface area contributed by atoms with Crippen LogP contribution in [0.25, 0.3) is 5.57 Å². The molecule has 0 heterocycles. The Bertz CT molecular complexity index is 983. The highest BCUT2D eigenvalue weighted by molar-refractivity contribution is 6.36. The Kier molecular flexibility index (Phi) is 10.4. The Morgan fingerprint density at radius 1 is 1.18 bits per heavy atom. The second kappa shape index (κ2) is 13.5. The van der Waals surface area contributed by atoms with Gasteiger partial charge in [0, 0.05) is 34.1 Å². The molecule has 0 unspecified atom stereocenters. The largest absolute Gasteiger partial charge is 0.488 e. The average molecular weight is 501 g/mol. The lowest BCUT2D eigenvalue weighted by molar-refractivity contribution is 0.0960. The smallest absolute Gasteiger partial charge is 0.143 e. The maximum absolute atomic E-state index is 6.36. The minimum absolute atomic E-state index is 0.253. The van der Waals surface area contributed by atoms with E-state index in [1.165, 1.54) is 24.8 Å². The van der Waals surface area contributed by atoms with Crippen LogP contribution in [0.3, 0.4) is 0 Å². The molecule has 0 radical (unpaired) electrons. The van der Waals surface area contributed by atoms with Crippen LogP contribution in [0.15, 0.2) is 81.9 Å². The monoisotopic (exact) mass is 499 g/mol. The number of nitrogens with zero attached hydrogens (tertiary/aromatic N) is 1. The van der Waals surface area contributed by atoms with Gasteiger partial charge in [-0.2, -0.15) is 5.10 Å². The Hall–Kier alpha value is -2.43. The van der Waals surface area contributed by atoms with Crippen LogP contribution in [-0.4, -0.2) is 18.9 Å². The molecule has 0 aromatic heterocycles. The quantitative estimate of drug-likeness (QED) is 0.187. The number of halogens is 2. The SMILES string of the molecule is C=CN/N=C\C(OC1CCCCC1)=C(/C)c1ccc(CCNC(=C)C2=C(Cl)CCC=C2Cl)cc1. The minimum Gasteiger partial charge on any atom is -0.488 e. The van der Waals surface area contributed by atoms with Crippen LogP contribution in [-0.2, 0) is 11.2 Å². The summed E-state index contributed by atoms with van der Waals surface area (Å²) in [5.41, 5.74) is 7.81. The number of hydrogen-bond acceptors (Lipinski definition) is 4. The van der Waals surface area contributed by atoms with Gasteiger partial charge in [-0.1, -0.05) is 73.1 Å². The van der Waals surface area contributed by atoms with Crippen molar-refractivity contribution in [1.82, 2.24) is 10.7 Å². The number of hydrogen-bond donors (Lipinski definition) is 2. The fourth-order valence-electron chi connectivity index (χ4n) is 4.23. The van der Waals surface area contributed by atoms with E-state index < -0.39 is 0 Å². The molecular weight excluding hydrogens is 465 g/mol. The van der Waals surface area contributed by atoms with E-state index in [9.17, 15) is 0 Å². The first-order chi connectivity index (χ1) is 16.5. The van der Waals surface area contributed by atoms with E-state index in [1.54, 1.807) is 12.4 Å². The molecule has 4 nitrogen and oxygen atoms in total. The van der Waals surface area contributed by atoms with Crippen LogP contribution in [0.5, 0.6) is 0 Å². The molecule has 1 fully saturated rings. The molecule has 0 amide bonds. The van der Waals surface area contributed by atoms with Gasteiger partial charge in [-0.05, 0) is 68.6 Å². The van der Waals surface area contributed by atoms with E-state index in [1.807, 2.05) is 6.08 Å². The van der Waals surface area contributed by atoms with Gasteiger partial charge in [-0.3, -0.25) is 5.43 Å². The maximum Gasteiger partial charge on any atom is 0.143 e. The molecule has 1 aromatic rings. The third-order valence-electron chi connectivity index (χ3n) is 6.20. The van der Waals surface area contributed by atoms with E-state index in [2.05, 4.69) is 60.2 Å². The van der Waals surface area contributed by atoms with Gasteiger partial charge >= 0.3 is 0 Å². The molecule has 182 valence electrons. The summed E-state index contributed by atoms with van der Waals surface area (Å²) in [4.78, 5) is 0. The van der Waals surface area contributed by atoms with Crippen molar-refractivity contribution in [2.24, 2.45) is 5.10 Å². The summed E-state index contributed by atoms with van der Waals surface area (Å²) in [6.45, 7) is 10.6. The Labute approximate surface area is 214 Å². The van der Waals surface area contributed by atoms with Gasteiger partial charge < -0.3 is 10.1 Å². The van der Waals surface area contributed by atoms with Gasteiger partial charge in [0.1, 0.15) is 5.76 Å². The molecular formula is C28H35Cl2N3O. The van der Waals surface area contributed by atoms with Gasteiger partial charge in [-0.25, -0.2) is 0 Å². The highest BCUT2D eigenvalue weighted by Gasteiger charge is 2.18. The molecule has 0 atom stereocenters. The summed E-state index contributed by atoms with van der Waals surface area (Å²) >= 11 is 12.7. The second-order valence-corrected chi connectivity index (χ2v) is 9.54.